The second-order valence-corrected chi connectivity index (χ2v) is 6.76. The summed E-state index contributed by atoms with van der Waals surface area (Å²) in [7, 11) is -5.44. The molecule has 0 radical (unpaired) electrons. The van der Waals surface area contributed by atoms with Gasteiger partial charge >= 0.3 is 19.5 Å². The fourth-order valence-corrected chi connectivity index (χ4v) is 3.13. The van der Waals surface area contributed by atoms with Gasteiger partial charge in [-0.15, -0.1) is 0 Å². The predicted octanol–water partition coefficient (Wildman–Crippen LogP) is 2.30. The van der Waals surface area contributed by atoms with Crippen molar-refractivity contribution in [1.29, 1.82) is 0 Å². The molecule has 0 aliphatic rings. The lowest BCUT2D eigenvalue weighted by Crippen LogP contribution is -2.35. The van der Waals surface area contributed by atoms with Gasteiger partial charge in [-0.05, 0) is 12.5 Å². The average molecular weight is 391 g/mol. The summed E-state index contributed by atoms with van der Waals surface area (Å²) in [6.45, 7) is 0. The van der Waals surface area contributed by atoms with Gasteiger partial charge in [0.2, 0.25) is 5.91 Å². The number of benzene rings is 1. The van der Waals surface area contributed by atoms with Crippen LogP contribution < -0.4 is 5.09 Å². The molecular formula is C12H11F5NO6P. The lowest BCUT2D eigenvalue weighted by molar-refractivity contribution is -0.140. The van der Waals surface area contributed by atoms with Crippen LogP contribution in [0, 0.1) is 23.3 Å². The van der Waals surface area contributed by atoms with Gasteiger partial charge in [0.25, 0.3) is 0 Å². The third-order valence-electron chi connectivity index (χ3n) is 2.98. The highest BCUT2D eigenvalue weighted by Gasteiger charge is 2.40. The maximum atomic E-state index is 14.1. The van der Waals surface area contributed by atoms with Crippen LogP contribution in [0.4, 0.5) is 22.0 Å². The molecule has 0 saturated carbocycles. The monoisotopic (exact) mass is 391 g/mol. The van der Waals surface area contributed by atoms with E-state index in [-0.39, 0.29) is 6.07 Å². The Morgan fingerprint density at radius 3 is 2.16 bits per heavy atom. The molecular weight excluding hydrogens is 380 g/mol. The lowest BCUT2D eigenvalue weighted by atomic mass is 10.2. The third-order valence-corrected chi connectivity index (χ3v) is 4.55. The zero-order valence-corrected chi connectivity index (χ0v) is 12.9. The number of carboxylic acids is 2. The fourth-order valence-electron chi connectivity index (χ4n) is 1.75. The molecule has 1 aromatic carbocycles. The van der Waals surface area contributed by atoms with Gasteiger partial charge in [0.05, 0.1) is 0 Å². The van der Waals surface area contributed by atoms with Gasteiger partial charge in [0.15, 0.2) is 23.3 Å². The lowest BCUT2D eigenvalue weighted by Gasteiger charge is -2.22. The largest absolute Gasteiger partial charge is 0.481 e. The van der Waals surface area contributed by atoms with E-state index in [0.717, 1.165) is 0 Å². The molecule has 0 aromatic heterocycles. The summed E-state index contributed by atoms with van der Waals surface area (Å²) in [6, 6.07) is -2.21. The van der Waals surface area contributed by atoms with Crippen LogP contribution in [0.1, 0.15) is 24.3 Å². The Bertz CT molecular complexity index is 745. The molecule has 4 N–H and O–H groups in total. The van der Waals surface area contributed by atoms with Gasteiger partial charge in [-0.2, -0.15) is 0 Å². The van der Waals surface area contributed by atoms with E-state index in [1.165, 1.54) is 5.09 Å². The third kappa shape index (κ3) is 4.97. The topological polar surface area (TPSA) is 124 Å². The van der Waals surface area contributed by atoms with Gasteiger partial charge < -0.3 is 15.1 Å². The molecule has 0 spiro atoms. The van der Waals surface area contributed by atoms with Crippen LogP contribution in [0.15, 0.2) is 6.07 Å². The predicted molar refractivity (Wildman–Crippen MR) is 71.4 cm³/mol. The summed E-state index contributed by atoms with van der Waals surface area (Å²) in [5.74, 6) is -15.6. The summed E-state index contributed by atoms with van der Waals surface area (Å²) < 4.78 is 78.5. The first-order chi connectivity index (χ1) is 11.4. The van der Waals surface area contributed by atoms with E-state index in [0.29, 0.717) is 0 Å². The maximum absolute atomic E-state index is 14.1. The van der Waals surface area contributed by atoms with Crippen LogP contribution in [-0.2, 0) is 14.2 Å². The number of carboxylic acid groups (broad SMARTS) is 2. The van der Waals surface area contributed by atoms with Gasteiger partial charge in [-0.25, -0.2) is 27.0 Å². The van der Waals surface area contributed by atoms with E-state index in [2.05, 4.69) is 0 Å². The molecule has 7 nitrogen and oxygen atoms in total. The number of halogens is 5. The number of carbonyl (C=O) groups is 2. The first-order valence-electron chi connectivity index (χ1n) is 6.40. The summed E-state index contributed by atoms with van der Waals surface area (Å²) in [5, 5.41) is 18.7. The van der Waals surface area contributed by atoms with Gasteiger partial charge in [-0.3, -0.25) is 14.2 Å². The fraction of sp³-hybridized carbons (Fsp3) is 0.333. The SMILES string of the molecule is O=C(O)CCC(NP(=O)(O)C(F)c1cc(F)c(F)c(F)c1F)C(=O)O. The zero-order chi connectivity index (χ0) is 19.5. The van der Waals surface area contributed by atoms with Crippen molar-refractivity contribution < 1.29 is 51.2 Å². The first-order valence-corrected chi connectivity index (χ1v) is 8.13. The Balaban J connectivity index is 3.14. The minimum atomic E-state index is -5.44. The van der Waals surface area contributed by atoms with Crippen LogP contribution in [0.5, 0.6) is 0 Å². The minimum absolute atomic E-state index is 0.185. The van der Waals surface area contributed by atoms with E-state index < -0.39 is 73.1 Å². The van der Waals surface area contributed by atoms with Crippen LogP contribution in [-0.4, -0.2) is 33.1 Å². The Labute approximate surface area is 136 Å². The van der Waals surface area contributed by atoms with Crippen LogP contribution in [0.25, 0.3) is 0 Å². The van der Waals surface area contributed by atoms with E-state index >= 15 is 0 Å². The van der Waals surface area contributed by atoms with E-state index in [1.807, 2.05) is 0 Å². The molecule has 13 heteroatoms. The Morgan fingerprint density at radius 2 is 1.68 bits per heavy atom. The summed E-state index contributed by atoms with van der Waals surface area (Å²) in [6.07, 6.45) is -1.51. The molecule has 3 unspecified atom stereocenters. The molecule has 3 atom stereocenters. The molecule has 25 heavy (non-hydrogen) atoms. The molecule has 140 valence electrons. The molecule has 1 aromatic rings. The molecule has 1 rings (SSSR count). The van der Waals surface area contributed by atoms with Crippen LogP contribution in [0.2, 0.25) is 0 Å². The van der Waals surface area contributed by atoms with Crippen molar-refractivity contribution >= 4 is 19.5 Å². The van der Waals surface area contributed by atoms with E-state index in [9.17, 15) is 41.0 Å². The van der Waals surface area contributed by atoms with Gasteiger partial charge in [0, 0.05) is 12.0 Å². The highest BCUT2D eigenvalue weighted by Crippen LogP contribution is 2.54. The number of hydrogen-bond donors (Lipinski definition) is 4. The summed E-state index contributed by atoms with van der Waals surface area (Å²) in [5.41, 5.74) is -1.64. The highest BCUT2D eigenvalue weighted by atomic mass is 31.2. The van der Waals surface area contributed by atoms with Crippen molar-refractivity contribution in [3.05, 3.63) is 34.9 Å². The smallest absolute Gasteiger partial charge is 0.321 e. The molecule has 0 bridgehead atoms. The van der Waals surface area contributed by atoms with Crippen LogP contribution in [0.3, 0.4) is 0 Å². The van der Waals surface area contributed by atoms with Crippen molar-refractivity contribution in [2.24, 2.45) is 0 Å². The van der Waals surface area contributed by atoms with Gasteiger partial charge in [-0.1, -0.05) is 0 Å². The van der Waals surface area contributed by atoms with Crippen molar-refractivity contribution in [2.45, 2.75) is 24.8 Å². The molecule has 0 aliphatic carbocycles. The average Bonchev–Trinajstić information content (AvgIpc) is 2.51. The second kappa shape index (κ2) is 7.89. The quantitative estimate of drug-likeness (QED) is 0.232. The number of hydrogen-bond acceptors (Lipinski definition) is 3. The summed E-state index contributed by atoms with van der Waals surface area (Å²) >= 11 is 0. The van der Waals surface area contributed by atoms with Gasteiger partial charge in [0.1, 0.15) is 6.04 Å². The first kappa shape index (κ1) is 21.0. The van der Waals surface area contributed by atoms with Crippen molar-refractivity contribution in [1.82, 2.24) is 5.09 Å². The van der Waals surface area contributed by atoms with E-state index in [1.54, 1.807) is 0 Å². The molecule has 0 heterocycles. The normalized spacial score (nSPS) is 16.1. The minimum Gasteiger partial charge on any atom is -0.481 e. The van der Waals surface area contributed by atoms with Crippen LogP contribution >= 0.6 is 7.52 Å². The summed E-state index contributed by atoms with van der Waals surface area (Å²) in [4.78, 5) is 30.9. The van der Waals surface area contributed by atoms with E-state index in [4.69, 9.17) is 10.2 Å². The molecule has 0 amide bonds. The number of nitrogens with one attached hydrogen (secondary N) is 1. The number of alkyl halides is 1. The second-order valence-electron chi connectivity index (χ2n) is 4.80. The van der Waals surface area contributed by atoms with Crippen molar-refractivity contribution in [3.8, 4) is 0 Å². The molecule has 0 saturated heterocycles. The van der Waals surface area contributed by atoms with Crippen molar-refractivity contribution in [2.75, 3.05) is 0 Å². The standard InChI is InChI=1S/C12H11F5NO6P/c13-5-3-4(8(14)10(16)9(5)15)11(17)25(23,24)18-6(12(21)22)1-2-7(19)20/h3,6,11H,1-2H2,(H,19,20)(H,21,22)(H2,18,23,24). The number of aliphatic carboxylic acids is 2. The van der Waals surface area contributed by atoms with Crippen molar-refractivity contribution in [3.63, 3.8) is 0 Å². The Morgan fingerprint density at radius 1 is 1.12 bits per heavy atom. The Kier molecular flexibility index (Phi) is 6.63. The maximum Gasteiger partial charge on any atom is 0.321 e. The zero-order valence-electron chi connectivity index (χ0n) is 12.0. The molecule has 0 fully saturated rings. The Hall–Kier alpha value is -2.04. The highest BCUT2D eigenvalue weighted by molar-refractivity contribution is 7.56. The number of rotatable bonds is 8. The molecule has 0 aliphatic heterocycles.